The van der Waals surface area contributed by atoms with Gasteiger partial charge in [-0.2, -0.15) is 8.78 Å². The van der Waals surface area contributed by atoms with Crippen molar-refractivity contribution >= 4 is 16.9 Å². The zero-order valence-electron chi connectivity index (χ0n) is 15.7. The lowest BCUT2D eigenvalue weighted by Crippen LogP contribution is -2.38. The predicted octanol–water partition coefficient (Wildman–Crippen LogP) is 4.07. The number of rotatable bonds is 8. The maximum absolute atomic E-state index is 12.5. The van der Waals surface area contributed by atoms with Crippen molar-refractivity contribution in [2.45, 2.75) is 26.5 Å². The summed E-state index contributed by atoms with van der Waals surface area (Å²) < 4.78 is 29.7. The molecule has 148 valence electrons. The number of guanidine groups is 1. The number of aliphatic imine (C=N–C) groups is 1. The second-order valence-electron chi connectivity index (χ2n) is 6.22. The van der Waals surface area contributed by atoms with Crippen LogP contribution in [0.4, 0.5) is 8.78 Å². The molecule has 0 spiro atoms. The van der Waals surface area contributed by atoms with E-state index in [-0.39, 0.29) is 12.3 Å². The lowest BCUT2D eigenvalue weighted by atomic mass is 10.1. The number of aromatic nitrogens is 1. The molecule has 2 aromatic carbocycles. The van der Waals surface area contributed by atoms with Crippen LogP contribution >= 0.6 is 0 Å². The average Bonchev–Trinajstić information content (AvgIpc) is 3.10. The Balaban J connectivity index is 1.62. The summed E-state index contributed by atoms with van der Waals surface area (Å²) in [5.41, 5.74) is 2.96. The van der Waals surface area contributed by atoms with Crippen LogP contribution in [0.5, 0.6) is 5.75 Å². The number of nitrogens with zero attached hydrogens (tertiary/aromatic N) is 1. The molecule has 0 atom stereocenters. The topological polar surface area (TPSA) is 61.4 Å². The normalized spacial score (nSPS) is 11.8. The fourth-order valence-corrected chi connectivity index (χ4v) is 3.01. The minimum Gasteiger partial charge on any atom is -0.434 e. The molecule has 5 nitrogen and oxygen atoms in total. The molecule has 0 amide bonds. The van der Waals surface area contributed by atoms with E-state index >= 15 is 0 Å². The molecule has 0 unspecified atom stereocenters. The van der Waals surface area contributed by atoms with Crippen molar-refractivity contribution in [3.05, 3.63) is 65.9 Å². The smallest absolute Gasteiger partial charge is 0.387 e. The molecule has 0 radical (unpaired) electrons. The Kier molecular flexibility index (Phi) is 6.84. The zero-order chi connectivity index (χ0) is 19.8. The lowest BCUT2D eigenvalue weighted by Gasteiger charge is -2.12. The van der Waals surface area contributed by atoms with Gasteiger partial charge in [-0.3, -0.25) is 0 Å². The van der Waals surface area contributed by atoms with Gasteiger partial charge in [-0.15, -0.1) is 0 Å². The van der Waals surface area contributed by atoms with Crippen LogP contribution < -0.4 is 15.4 Å². The molecule has 0 aliphatic heterocycles. The third kappa shape index (κ3) is 5.22. The third-order valence-corrected chi connectivity index (χ3v) is 4.30. The molecular weight excluding hydrogens is 362 g/mol. The summed E-state index contributed by atoms with van der Waals surface area (Å²) in [7, 11) is 0. The molecule has 0 aliphatic rings. The van der Waals surface area contributed by atoms with E-state index < -0.39 is 6.61 Å². The van der Waals surface area contributed by atoms with Crippen LogP contribution in [0.15, 0.2) is 59.7 Å². The molecule has 0 bridgehead atoms. The molecule has 0 saturated heterocycles. The monoisotopic (exact) mass is 386 g/mol. The first-order valence-electron chi connectivity index (χ1n) is 9.27. The first-order valence-corrected chi connectivity index (χ1v) is 9.27. The van der Waals surface area contributed by atoms with Crippen LogP contribution in [0.2, 0.25) is 0 Å². The highest BCUT2D eigenvalue weighted by Gasteiger charge is 2.09. The SMILES string of the molecule is CCNC(=NCc1ccccc1OC(F)F)NCCc1c[nH]c2ccccc12. The van der Waals surface area contributed by atoms with Crippen molar-refractivity contribution in [1.82, 2.24) is 15.6 Å². The van der Waals surface area contributed by atoms with Crippen LogP contribution in [-0.2, 0) is 13.0 Å². The van der Waals surface area contributed by atoms with Crippen LogP contribution in [0.25, 0.3) is 10.9 Å². The summed E-state index contributed by atoms with van der Waals surface area (Å²) in [5.74, 6) is 0.782. The van der Waals surface area contributed by atoms with Crippen LogP contribution in [-0.4, -0.2) is 30.6 Å². The van der Waals surface area contributed by atoms with Crippen LogP contribution in [0.3, 0.4) is 0 Å². The Hall–Kier alpha value is -3.09. The number of hydrogen-bond acceptors (Lipinski definition) is 2. The van der Waals surface area contributed by atoms with Crippen molar-refractivity contribution in [1.29, 1.82) is 0 Å². The van der Waals surface area contributed by atoms with Gasteiger partial charge in [0, 0.05) is 35.8 Å². The first kappa shape index (κ1) is 19.7. The van der Waals surface area contributed by atoms with Gasteiger partial charge < -0.3 is 20.4 Å². The van der Waals surface area contributed by atoms with Gasteiger partial charge in [0.15, 0.2) is 5.96 Å². The Morgan fingerprint density at radius 1 is 1.07 bits per heavy atom. The van der Waals surface area contributed by atoms with Crippen molar-refractivity contribution in [2.24, 2.45) is 4.99 Å². The largest absolute Gasteiger partial charge is 0.434 e. The molecule has 7 heteroatoms. The zero-order valence-corrected chi connectivity index (χ0v) is 15.7. The van der Waals surface area contributed by atoms with Gasteiger partial charge in [0.1, 0.15) is 5.75 Å². The molecule has 0 aliphatic carbocycles. The van der Waals surface area contributed by atoms with Gasteiger partial charge in [0.2, 0.25) is 0 Å². The van der Waals surface area contributed by atoms with E-state index in [1.165, 1.54) is 17.0 Å². The maximum Gasteiger partial charge on any atom is 0.387 e. The van der Waals surface area contributed by atoms with E-state index in [4.69, 9.17) is 0 Å². The number of para-hydroxylation sites is 2. The molecule has 3 N–H and O–H groups in total. The quantitative estimate of drug-likeness (QED) is 0.404. The highest BCUT2D eigenvalue weighted by atomic mass is 19.3. The highest BCUT2D eigenvalue weighted by Crippen LogP contribution is 2.21. The minimum absolute atomic E-state index is 0.149. The van der Waals surface area contributed by atoms with E-state index in [0.29, 0.717) is 24.6 Å². The van der Waals surface area contributed by atoms with E-state index in [9.17, 15) is 8.78 Å². The summed E-state index contributed by atoms with van der Waals surface area (Å²) in [6, 6.07) is 14.9. The summed E-state index contributed by atoms with van der Waals surface area (Å²) >= 11 is 0. The Morgan fingerprint density at radius 2 is 1.86 bits per heavy atom. The molecule has 0 saturated carbocycles. The highest BCUT2D eigenvalue weighted by molar-refractivity contribution is 5.83. The van der Waals surface area contributed by atoms with Gasteiger partial charge in [0.25, 0.3) is 0 Å². The van der Waals surface area contributed by atoms with Crippen LogP contribution in [0.1, 0.15) is 18.1 Å². The number of aromatic amines is 1. The number of H-pyrrole nitrogens is 1. The van der Waals surface area contributed by atoms with Gasteiger partial charge >= 0.3 is 6.61 Å². The maximum atomic E-state index is 12.5. The van der Waals surface area contributed by atoms with Gasteiger partial charge in [-0.25, -0.2) is 4.99 Å². The standard InChI is InChI=1S/C21H24F2N4O/c1-2-24-21(27-14-16-7-3-6-10-19(16)28-20(22)23)25-12-11-15-13-26-18-9-5-4-8-17(15)18/h3-10,13,20,26H,2,11-12,14H2,1H3,(H2,24,25,27). The van der Waals surface area contributed by atoms with Crippen LogP contribution in [0, 0.1) is 0 Å². The first-order chi connectivity index (χ1) is 13.7. The molecule has 3 rings (SSSR count). The fraction of sp³-hybridized carbons (Fsp3) is 0.286. The molecule has 1 aromatic heterocycles. The average molecular weight is 386 g/mol. The van der Waals surface area contributed by atoms with Crippen molar-refractivity contribution in [2.75, 3.05) is 13.1 Å². The summed E-state index contributed by atoms with van der Waals surface area (Å²) in [6.07, 6.45) is 2.86. The minimum atomic E-state index is -2.85. The van der Waals surface area contributed by atoms with E-state index in [2.05, 4.69) is 37.5 Å². The second-order valence-corrected chi connectivity index (χ2v) is 6.22. The molecule has 0 fully saturated rings. The molecule has 3 aromatic rings. The molecule has 1 heterocycles. The number of alkyl halides is 2. The Bertz CT molecular complexity index is 923. The number of hydrogen-bond donors (Lipinski definition) is 3. The van der Waals surface area contributed by atoms with Crippen molar-refractivity contribution in [3.63, 3.8) is 0 Å². The van der Waals surface area contributed by atoms with Gasteiger partial charge in [0.05, 0.1) is 6.54 Å². The van der Waals surface area contributed by atoms with Crippen molar-refractivity contribution in [3.8, 4) is 5.75 Å². The summed E-state index contributed by atoms with van der Waals surface area (Å²) in [5, 5.41) is 7.67. The molecule has 28 heavy (non-hydrogen) atoms. The number of fused-ring (bicyclic) bond motifs is 1. The predicted molar refractivity (Wildman–Crippen MR) is 108 cm³/mol. The third-order valence-electron chi connectivity index (χ3n) is 4.30. The second kappa shape index (κ2) is 9.73. The molecular formula is C21H24F2N4O. The van der Waals surface area contributed by atoms with E-state index in [1.807, 2.05) is 25.3 Å². The van der Waals surface area contributed by atoms with Gasteiger partial charge in [-0.05, 0) is 31.0 Å². The van der Waals surface area contributed by atoms with Crippen molar-refractivity contribution < 1.29 is 13.5 Å². The summed E-state index contributed by atoms with van der Waals surface area (Å²) in [6.45, 7) is 0.764. The number of halogens is 2. The lowest BCUT2D eigenvalue weighted by molar-refractivity contribution is -0.0504. The number of ether oxygens (including phenoxy) is 1. The van der Waals surface area contributed by atoms with Gasteiger partial charge in [-0.1, -0.05) is 36.4 Å². The Morgan fingerprint density at radius 3 is 2.68 bits per heavy atom. The number of nitrogens with one attached hydrogen (secondary N) is 3. The number of benzene rings is 2. The van der Waals surface area contributed by atoms with E-state index in [0.717, 1.165) is 11.9 Å². The fourth-order valence-electron chi connectivity index (χ4n) is 3.01. The Labute approximate surface area is 162 Å². The van der Waals surface area contributed by atoms with E-state index in [1.54, 1.807) is 18.2 Å². The summed E-state index contributed by atoms with van der Waals surface area (Å²) in [4.78, 5) is 7.77.